The van der Waals surface area contributed by atoms with Crippen molar-refractivity contribution in [3.63, 3.8) is 0 Å². The van der Waals surface area contributed by atoms with E-state index in [1.807, 2.05) is 41.3 Å². The maximum absolute atomic E-state index is 12.8. The van der Waals surface area contributed by atoms with Gasteiger partial charge in [-0.2, -0.15) is 0 Å². The van der Waals surface area contributed by atoms with Gasteiger partial charge in [0.05, 0.1) is 12.6 Å². The van der Waals surface area contributed by atoms with Crippen LogP contribution in [0.4, 0.5) is 4.79 Å². The number of hydrogen-bond donors (Lipinski definition) is 1. The number of ether oxygens (including phenoxy) is 3. The predicted molar refractivity (Wildman–Crippen MR) is 127 cm³/mol. The zero-order valence-corrected chi connectivity index (χ0v) is 20.1. The van der Waals surface area contributed by atoms with Crippen LogP contribution in [-0.2, 0) is 16.8 Å². The lowest BCUT2D eigenvalue weighted by Crippen LogP contribution is -2.54. The van der Waals surface area contributed by atoms with Crippen LogP contribution >= 0.6 is 0 Å². The average molecular weight is 454 g/mol. The number of methoxy groups -OCH3 is 2. The van der Waals surface area contributed by atoms with E-state index >= 15 is 0 Å². The Labute approximate surface area is 196 Å². The van der Waals surface area contributed by atoms with Gasteiger partial charge in [0.2, 0.25) is 0 Å². The lowest BCUT2D eigenvalue weighted by Gasteiger charge is -2.48. The monoisotopic (exact) mass is 453 g/mol. The minimum Gasteiger partial charge on any atom is -0.497 e. The highest BCUT2D eigenvalue weighted by molar-refractivity contribution is 5.78. The standard InChI is InChI=1S/C26H35N3O4/c1-28(2)26(21-7-11-23(12-8-21)33-19-31-3)15-13-25(14-16-26)18-29(24(30)27-25)17-20-5-9-22(32-4)10-6-20/h5-12H,13-19H2,1-4H3,(H,27,30)/t25-,26-. The molecule has 7 heteroatoms. The first-order valence-corrected chi connectivity index (χ1v) is 11.5. The van der Waals surface area contributed by atoms with Gasteiger partial charge in [-0.3, -0.25) is 4.90 Å². The molecule has 1 aliphatic heterocycles. The highest BCUT2D eigenvalue weighted by atomic mass is 16.7. The van der Waals surface area contributed by atoms with Crippen LogP contribution in [0.2, 0.25) is 0 Å². The smallest absolute Gasteiger partial charge is 0.318 e. The van der Waals surface area contributed by atoms with Crippen molar-refractivity contribution in [1.82, 2.24) is 15.1 Å². The molecule has 1 aliphatic carbocycles. The van der Waals surface area contributed by atoms with Gasteiger partial charge < -0.3 is 24.4 Å². The summed E-state index contributed by atoms with van der Waals surface area (Å²) in [5.74, 6) is 1.63. The molecule has 0 aromatic heterocycles. The molecule has 7 nitrogen and oxygen atoms in total. The minimum atomic E-state index is -0.162. The minimum absolute atomic E-state index is 0.0304. The number of nitrogens with one attached hydrogen (secondary N) is 1. The third-order valence-corrected chi connectivity index (χ3v) is 7.31. The summed E-state index contributed by atoms with van der Waals surface area (Å²) in [6, 6.07) is 16.3. The van der Waals surface area contributed by atoms with Crippen molar-refractivity contribution in [3.8, 4) is 11.5 Å². The van der Waals surface area contributed by atoms with Crippen LogP contribution < -0.4 is 14.8 Å². The van der Waals surface area contributed by atoms with Gasteiger partial charge in [-0.05, 0) is 75.2 Å². The highest BCUT2D eigenvalue weighted by Crippen LogP contribution is 2.46. The van der Waals surface area contributed by atoms with Crippen molar-refractivity contribution >= 4 is 6.03 Å². The molecule has 0 unspecified atom stereocenters. The fourth-order valence-corrected chi connectivity index (χ4v) is 5.27. The van der Waals surface area contributed by atoms with E-state index in [9.17, 15) is 4.79 Å². The summed E-state index contributed by atoms with van der Waals surface area (Å²) in [6.45, 7) is 1.60. The Morgan fingerprint density at radius 3 is 2.15 bits per heavy atom. The zero-order valence-electron chi connectivity index (χ0n) is 20.1. The molecule has 2 aromatic rings. The molecule has 0 atom stereocenters. The molecule has 1 spiro atoms. The molecule has 2 fully saturated rings. The molecule has 178 valence electrons. The molecule has 2 amide bonds. The van der Waals surface area contributed by atoms with Crippen molar-refractivity contribution in [1.29, 1.82) is 0 Å². The molecule has 0 radical (unpaired) electrons. The van der Waals surface area contributed by atoms with Gasteiger partial charge in [-0.15, -0.1) is 0 Å². The topological polar surface area (TPSA) is 63.3 Å². The fourth-order valence-electron chi connectivity index (χ4n) is 5.27. The molecule has 1 saturated carbocycles. The molecule has 1 heterocycles. The number of amides is 2. The van der Waals surface area contributed by atoms with Gasteiger partial charge >= 0.3 is 6.03 Å². The number of nitrogens with zero attached hydrogens (tertiary/aromatic N) is 2. The molecule has 2 aliphatic rings. The van der Waals surface area contributed by atoms with Crippen LogP contribution in [0.25, 0.3) is 0 Å². The molecule has 0 bridgehead atoms. The Morgan fingerprint density at radius 2 is 1.58 bits per heavy atom. The van der Waals surface area contributed by atoms with Gasteiger partial charge in [0.1, 0.15) is 11.5 Å². The first kappa shape index (κ1) is 23.4. The van der Waals surface area contributed by atoms with Crippen molar-refractivity contribution in [2.75, 3.05) is 41.7 Å². The van der Waals surface area contributed by atoms with Gasteiger partial charge in [-0.1, -0.05) is 24.3 Å². The fraction of sp³-hybridized carbons (Fsp3) is 0.500. The van der Waals surface area contributed by atoms with Crippen LogP contribution in [0.15, 0.2) is 48.5 Å². The van der Waals surface area contributed by atoms with E-state index in [-0.39, 0.29) is 23.9 Å². The Balaban J connectivity index is 1.43. The Bertz CT molecular complexity index is 935. The summed E-state index contributed by atoms with van der Waals surface area (Å²) < 4.78 is 15.8. The van der Waals surface area contributed by atoms with Crippen LogP contribution in [-0.4, -0.2) is 63.0 Å². The van der Waals surface area contributed by atoms with E-state index in [1.54, 1.807) is 14.2 Å². The van der Waals surface area contributed by atoms with Crippen molar-refractivity contribution in [3.05, 3.63) is 59.7 Å². The lowest BCUT2D eigenvalue weighted by molar-refractivity contribution is 0.0504. The highest BCUT2D eigenvalue weighted by Gasteiger charge is 2.49. The largest absolute Gasteiger partial charge is 0.497 e. The second-order valence-corrected chi connectivity index (χ2v) is 9.42. The quantitative estimate of drug-likeness (QED) is 0.613. The molecular formula is C26H35N3O4. The number of rotatable bonds is 8. The van der Waals surface area contributed by atoms with Crippen molar-refractivity contribution < 1.29 is 19.0 Å². The number of urea groups is 1. The molecular weight excluding hydrogens is 418 g/mol. The van der Waals surface area contributed by atoms with Crippen molar-refractivity contribution in [2.45, 2.75) is 43.3 Å². The van der Waals surface area contributed by atoms with E-state index in [2.05, 4.69) is 36.4 Å². The lowest BCUT2D eigenvalue weighted by atomic mass is 9.69. The molecule has 1 saturated heterocycles. The summed E-state index contributed by atoms with van der Waals surface area (Å²) in [7, 11) is 7.58. The number of carbonyl (C=O) groups is 1. The van der Waals surface area contributed by atoms with Crippen LogP contribution in [0.3, 0.4) is 0 Å². The van der Waals surface area contributed by atoms with Crippen LogP contribution in [0.1, 0.15) is 36.8 Å². The Hall–Kier alpha value is -2.77. The molecule has 4 rings (SSSR count). The number of carbonyl (C=O) groups excluding carboxylic acids is 1. The van der Waals surface area contributed by atoms with Gasteiger partial charge in [0, 0.05) is 25.7 Å². The summed E-state index contributed by atoms with van der Waals surface area (Å²) >= 11 is 0. The Kier molecular flexibility index (Phi) is 6.81. The maximum Gasteiger partial charge on any atom is 0.318 e. The van der Waals surface area contributed by atoms with Gasteiger partial charge in [0.15, 0.2) is 6.79 Å². The van der Waals surface area contributed by atoms with E-state index < -0.39 is 0 Å². The maximum atomic E-state index is 12.8. The van der Waals surface area contributed by atoms with Gasteiger partial charge in [0.25, 0.3) is 0 Å². The van der Waals surface area contributed by atoms with Crippen LogP contribution in [0.5, 0.6) is 11.5 Å². The first-order valence-electron chi connectivity index (χ1n) is 11.5. The number of benzene rings is 2. The molecule has 2 aromatic carbocycles. The first-order chi connectivity index (χ1) is 15.9. The summed E-state index contributed by atoms with van der Waals surface area (Å²) in [6.07, 6.45) is 3.85. The second kappa shape index (κ2) is 9.61. The van der Waals surface area contributed by atoms with Gasteiger partial charge in [-0.25, -0.2) is 4.79 Å². The normalized spacial score (nSPS) is 24.9. The van der Waals surface area contributed by atoms with E-state index in [1.165, 1.54) is 5.56 Å². The van der Waals surface area contributed by atoms with Crippen molar-refractivity contribution in [2.24, 2.45) is 0 Å². The average Bonchev–Trinajstić information content (AvgIpc) is 3.13. The third-order valence-electron chi connectivity index (χ3n) is 7.31. The van der Waals surface area contributed by atoms with E-state index in [0.717, 1.165) is 49.3 Å². The predicted octanol–water partition coefficient (Wildman–Crippen LogP) is 3.97. The van der Waals surface area contributed by atoms with E-state index in [4.69, 9.17) is 14.2 Å². The summed E-state index contributed by atoms with van der Waals surface area (Å²) in [5.41, 5.74) is 2.17. The SMILES string of the molecule is COCOc1ccc([C@]2(N(C)C)CC[C@]3(CC2)CN(Cc2ccc(OC)cc2)C(=O)N3)cc1. The summed E-state index contributed by atoms with van der Waals surface area (Å²) in [4.78, 5) is 17.1. The van der Waals surface area contributed by atoms with Crippen LogP contribution in [0, 0.1) is 0 Å². The van der Waals surface area contributed by atoms with E-state index in [0.29, 0.717) is 6.54 Å². The summed E-state index contributed by atoms with van der Waals surface area (Å²) in [5, 5.41) is 3.33. The molecule has 33 heavy (non-hydrogen) atoms. The zero-order chi connectivity index (χ0) is 23.5. The second-order valence-electron chi connectivity index (χ2n) is 9.42. The third kappa shape index (κ3) is 4.80. The Morgan fingerprint density at radius 1 is 0.939 bits per heavy atom. The molecule has 1 N–H and O–H groups in total. The number of hydrogen-bond acceptors (Lipinski definition) is 5.